The zero-order valence-electron chi connectivity index (χ0n) is 10.7. The van der Waals surface area contributed by atoms with Crippen LogP contribution in [0.3, 0.4) is 0 Å². The molecule has 1 aromatic rings. The third-order valence-electron chi connectivity index (χ3n) is 3.08. The number of rotatable bonds is 4. The van der Waals surface area contributed by atoms with Gasteiger partial charge in [0.15, 0.2) is 0 Å². The highest BCUT2D eigenvalue weighted by molar-refractivity contribution is 8.06. The Kier molecular flexibility index (Phi) is 5.26. The second-order valence-corrected chi connectivity index (χ2v) is 7.19. The van der Waals surface area contributed by atoms with E-state index in [-0.39, 0.29) is 0 Å². The van der Waals surface area contributed by atoms with Gasteiger partial charge in [-0.3, -0.25) is 0 Å². The molecular weight excluding hydrogens is 246 g/mol. The van der Waals surface area contributed by atoms with Gasteiger partial charge in [-0.15, -0.1) is 0 Å². The molecule has 1 nitrogen and oxygen atoms in total. The average Bonchev–Trinajstić information content (AvgIpc) is 2.35. The van der Waals surface area contributed by atoms with E-state index < -0.39 is 0 Å². The van der Waals surface area contributed by atoms with E-state index in [0.717, 1.165) is 18.3 Å². The largest absolute Gasteiger partial charge is 0.312 e. The zero-order chi connectivity index (χ0) is 12.1. The average molecular weight is 267 g/mol. The van der Waals surface area contributed by atoms with E-state index in [2.05, 4.69) is 60.9 Å². The Morgan fingerprint density at radius 3 is 2.94 bits per heavy atom. The summed E-state index contributed by atoms with van der Waals surface area (Å²) in [6.07, 6.45) is 0. The molecule has 1 N–H and O–H groups in total. The highest BCUT2D eigenvalue weighted by Crippen LogP contribution is 2.23. The maximum absolute atomic E-state index is 3.61. The Morgan fingerprint density at radius 2 is 2.18 bits per heavy atom. The Balaban J connectivity index is 1.79. The molecule has 94 valence electrons. The summed E-state index contributed by atoms with van der Waals surface area (Å²) in [5.74, 6) is 3.96. The molecule has 1 atom stereocenters. The lowest BCUT2D eigenvalue weighted by Gasteiger charge is -2.21. The molecule has 0 radical (unpaired) electrons. The second kappa shape index (κ2) is 6.72. The van der Waals surface area contributed by atoms with Crippen molar-refractivity contribution < 1.29 is 0 Å². The van der Waals surface area contributed by atoms with Gasteiger partial charge >= 0.3 is 0 Å². The van der Waals surface area contributed by atoms with Gasteiger partial charge in [-0.05, 0) is 25.0 Å². The van der Waals surface area contributed by atoms with E-state index in [9.17, 15) is 0 Å². The molecule has 0 bridgehead atoms. The molecule has 0 saturated carbocycles. The van der Waals surface area contributed by atoms with Crippen molar-refractivity contribution >= 4 is 23.5 Å². The molecule has 1 aliphatic heterocycles. The molecule has 1 fully saturated rings. The van der Waals surface area contributed by atoms with Crippen molar-refractivity contribution in [2.45, 2.75) is 25.6 Å². The Labute approximate surface area is 113 Å². The van der Waals surface area contributed by atoms with Gasteiger partial charge in [0.1, 0.15) is 0 Å². The van der Waals surface area contributed by atoms with Gasteiger partial charge in [0, 0.05) is 35.6 Å². The van der Waals surface area contributed by atoms with Crippen LogP contribution in [0.1, 0.15) is 16.7 Å². The molecule has 0 aliphatic carbocycles. The molecule has 0 aromatic heterocycles. The second-order valence-electron chi connectivity index (χ2n) is 4.63. The number of thioether (sulfide) groups is 2. The molecule has 1 saturated heterocycles. The summed E-state index contributed by atoms with van der Waals surface area (Å²) in [5, 5.41) is 4.41. The van der Waals surface area contributed by atoms with Gasteiger partial charge in [0.2, 0.25) is 0 Å². The van der Waals surface area contributed by atoms with E-state index in [0.29, 0.717) is 0 Å². The summed E-state index contributed by atoms with van der Waals surface area (Å²) in [6, 6.07) is 6.70. The van der Waals surface area contributed by atoms with Crippen molar-refractivity contribution in [3.63, 3.8) is 0 Å². The molecule has 2 rings (SSSR count). The number of nitrogens with one attached hydrogen (secondary N) is 1. The number of aryl methyl sites for hydroxylation is 2. The first kappa shape index (κ1) is 13.3. The molecular formula is C14H21NS2. The van der Waals surface area contributed by atoms with E-state index in [4.69, 9.17) is 0 Å². The third-order valence-corrected chi connectivity index (χ3v) is 5.92. The fourth-order valence-corrected chi connectivity index (χ4v) is 4.66. The van der Waals surface area contributed by atoms with Gasteiger partial charge in [0.25, 0.3) is 0 Å². The Morgan fingerprint density at radius 1 is 1.29 bits per heavy atom. The maximum Gasteiger partial charge on any atom is 0.0263 e. The van der Waals surface area contributed by atoms with Crippen LogP contribution in [0.2, 0.25) is 0 Å². The normalized spacial score (nSPS) is 20.5. The molecule has 1 unspecified atom stereocenters. The molecule has 17 heavy (non-hydrogen) atoms. The van der Waals surface area contributed by atoms with E-state index in [1.165, 1.54) is 33.9 Å². The summed E-state index contributed by atoms with van der Waals surface area (Å²) < 4.78 is 0. The van der Waals surface area contributed by atoms with Gasteiger partial charge in [-0.2, -0.15) is 23.5 Å². The van der Waals surface area contributed by atoms with Crippen molar-refractivity contribution in [2.75, 3.05) is 23.8 Å². The summed E-state index contributed by atoms with van der Waals surface area (Å²) in [5.41, 5.74) is 4.20. The summed E-state index contributed by atoms with van der Waals surface area (Å²) in [6.45, 7) is 6.51. The van der Waals surface area contributed by atoms with Gasteiger partial charge in [0.05, 0.1) is 0 Å². The number of hydrogen-bond acceptors (Lipinski definition) is 3. The Hall–Kier alpha value is -0.120. The van der Waals surface area contributed by atoms with E-state index in [1.54, 1.807) is 0 Å². The predicted octanol–water partition coefficient (Wildman–Crippen LogP) is 3.24. The molecule has 1 aromatic carbocycles. The summed E-state index contributed by atoms with van der Waals surface area (Å²) in [7, 11) is 0. The molecule has 0 spiro atoms. The Bertz CT molecular complexity index is 359. The first-order valence-electron chi connectivity index (χ1n) is 6.22. The highest BCUT2D eigenvalue weighted by atomic mass is 32.2. The molecule has 1 heterocycles. The van der Waals surface area contributed by atoms with Crippen LogP contribution in [-0.4, -0.2) is 29.1 Å². The maximum atomic E-state index is 3.61. The van der Waals surface area contributed by atoms with Crippen LogP contribution < -0.4 is 5.32 Å². The summed E-state index contributed by atoms with van der Waals surface area (Å²) in [4.78, 5) is 0. The van der Waals surface area contributed by atoms with Crippen molar-refractivity contribution in [1.82, 2.24) is 5.32 Å². The standard InChI is InChI=1S/C14H21NS2/c1-11-3-4-12(2)13(7-11)8-15-9-14-10-16-5-6-17-14/h3-4,7,14-15H,5-6,8-10H2,1-2H3. The van der Waals surface area contributed by atoms with Crippen LogP contribution in [0.25, 0.3) is 0 Å². The van der Waals surface area contributed by atoms with Gasteiger partial charge < -0.3 is 5.32 Å². The minimum atomic E-state index is 0.805. The zero-order valence-corrected chi connectivity index (χ0v) is 12.3. The summed E-state index contributed by atoms with van der Waals surface area (Å²) >= 11 is 4.22. The quantitative estimate of drug-likeness (QED) is 0.899. The van der Waals surface area contributed by atoms with Crippen LogP contribution in [-0.2, 0) is 6.54 Å². The van der Waals surface area contributed by atoms with Gasteiger partial charge in [-0.1, -0.05) is 23.8 Å². The lowest BCUT2D eigenvalue weighted by atomic mass is 10.1. The van der Waals surface area contributed by atoms with Crippen molar-refractivity contribution in [3.05, 3.63) is 34.9 Å². The highest BCUT2D eigenvalue weighted by Gasteiger charge is 2.13. The van der Waals surface area contributed by atoms with Crippen LogP contribution in [0.5, 0.6) is 0 Å². The predicted molar refractivity (Wildman–Crippen MR) is 81.2 cm³/mol. The van der Waals surface area contributed by atoms with Crippen molar-refractivity contribution in [3.8, 4) is 0 Å². The van der Waals surface area contributed by atoms with Crippen LogP contribution in [0.4, 0.5) is 0 Å². The van der Waals surface area contributed by atoms with Crippen molar-refractivity contribution in [1.29, 1.82) is 0 Å². The lowest BCUT2D eigenvalue weighted by Crippen LogP contribution is -2.28. The van der Waals surface area contributed by atoms with E-state index in [1.807, 2.05) is 0 Å². The molecule has 0 amide bonds. The SMILES string of the molecule is Cc1ccc(C)c(CNCC2CSCCS2)c1. The minimum Gasteiger partial charge on any atom is -0.312 e. The number of hydrogen-bond donors (Lipinski definition) is 1. The minimum absolute atomic E-state index is 0.805. The van der Waals surface area contributed by atoms with E-state index >= 15 is 0 Å². The molecule has 3 heteroatoms. The number of benzene rings is 1. The molecule has 1 aliphatic rings. The van der Waals surface area contributed by atoms with Crippen molar-refractivity contribution in [2.24, 2.45) is 0 Å². The smallest absolute Gasteiger partial charge is 0.0263 e. The fraction of sp³-hybridized carbons (Fsp3) is 0.571. The monoisotopic (exact) mass is 267 g/mol. The van der Waals surface area contributed by atoms with Crippen LogP contribution in [0.15, 0.2) is 18.2 Å². The third kappa shape index (κ3) is 4.23. The fourth-order valence-electron chi connectivity index (χ4n) is 2.01. The first-order valence-corrected chi connectivity index (χ1v) is 8.42. The van der Waals surface area contributed by atoms with Crippen LogP contribution in [0, 0.1) is 13.8 Å². The lowest BCUT2D eigenvalue weighted by molar-refractivity contribution is 0.683. The first-order chi connectivity index (χ1) is 8.25. The van der Waals surface area contributed by atoms with Gasteiger partial charge in [-0.25, -0.2) is 0 Å². The topological polar surface area (TPSA) is 12.0 Å². The van der Waals surface area contributed by atoms with Crippen LogP contribution >= 0.6 is 23.5 Å².